The minimum Gasteiger partial charge on any atom is -0.385 e. The van der Waals surface area contributed by atoms with Gasteiger partial charge in [-0.15, -0.1) is 0 Å². The smallest absolute Gasteiger partial charge is 0.280 e. The monoisotopic (exact) mass is 337 g/mol. The molecule has 6 heteroatoms. The second kappa shape index (κ2) is 6.49. The normalized spacial score (nSPS) is 13.4. The Morgan fingerprint density at radius 2 is 1.80 bits per heavy atom. The highest BCUT2D eigenvalue weighted by Gasteiger charge is 2.27. The summed E-state index contributed by atoms with van der Waals surface area (Å²) < 4.78 is 1.11. The summed E-state index contributed by atoms with van der Waals surface area (Å²) in [6, 6.07) is 16.1. The molecule has 1 aromatic heterocycles. The summed E-state index contributed by atoms with van der Waals surface area (Å²) in [7, 11) is 0. The molecule has 0 radical (unpaired) electrons. The van der Waals surface area contributed by atoms with Crippen LogP contribution in [0.4, 0.5) is 0 Å². The van der Waals surface area contributed by atoms with Crippen molar-refractivity contribution in [2.24, 2.45) is 0 Å². The lowest BCUT2D eigenvalue weighted by atomic mass is 9.92. The number of amides is 1. The summed E-state index contributed by atoms with van der Waals surface area (Å²) >= 11 is 0. The van der Waals surface area contributed by atoms with Crippen molar-refractivity contribution >= 4 is 16.8 Å². The Morgan fingerprint density at radius 3 is 2.48 bits per heavy atom. The molecule has 1 unspecified atom stereocenters. The number of nitrogens with zero attached hydrogens (tertiary/aromatic N) is 2. The molecule has 0 saturated carbocycles. The first kappa shape index (κ1) is 16.9. The zero-order valence-corrected chi connectivity index (χ0v) is 14.1. The van der Waals surface area contributed by atoms with E-state index >= 15 is 0 Å². The maximum absolute atomic E-state index is 12.7. The van der Waals surface area contributed by atoms with Crippen LogP contribution in [0.5, 0.6) is 0 Å². The highest BCUT2D eigenvalue weighted by atomic mass is 16.3. The minimum atomic E-state index is -1.25. The Morgan fingerprint density at radius 1 is 1.16 bits per heavy atom. The molecule has 6 nitrogen and oxygen atoms in total. The quantitative estimate of drug-likeness (QED) is 0.762. The molecule has 0 bridgehead atoms. The molecule has 0 fully saturated rings. The van der Waals surface area contributed by atoms with E-state index in [1.165, 1.54) is 6.92 Å². The lowest BCUT2D eigenvalue weighted by Gasteiger charge is -2.25. The molecule has 1 heterocycles. The van der Waals surface area contributed by atoms with Crippen molar-refractivity contribution < 1.29 is 9.90 Å². The average molecular weight is 337 g/mol. The van der Waals surface area contributed by atoms with Crippen molar-refractivity contribution in [3.8, 4) is 0 Å². The zero-order chi connectivity index (χ0) is 18.0. The molecule has 3 aromatic rings. The Hall–Kier alpha value is -2.99. The van der Waals surface area contributed by atoms with Gasteiger partial charge in [0, 0.05) is 13.3 Å². The van der Waals surface area contributed by atoms with Gasteiger partial charge in [0.15, 0.2) is 0 Å². The molecule has 0 aliphatic heterocycles. The summed E-state index contributed by atoms with van der Waals surface area (Å²) in [4.78, 5) is 28.7. The summed E-state index contributed by atoms with van der Waals surface area (Å²) in [6.45, 7) is 2.97. The van der Waals surface area contributed by atoms with E-state index in [9.17, 15) is 14.7 Å². The third-order valence-electron chi connectivity index (χ3n) is 4.01. The zero-order valence-electron chi connectivity index (χ0n) is 14.1. The topological polar surface area (TPSA) is 84.2 Å². The second-order valence-corrected chi connectivity index (χ2v) is 6.17. The number of carbonyl (C=O) groups excluding carboxylic acids is 1. The Labute approximate surface area is 144 Å². The van der Waals surface area contributed by atoms with Crippen LogP contribution >= 0.6 is 0 Å². The van der Waals surface area contributed by atoms with E-state index in [0.29, 0.717) is 16.5 Å². The van der Waals surface area contributed by atoms with Gasteiger partial charge in [-0.2, -0.15) is 0 Å². The first-order valence-corrected chi connectivity index (χ1v) is 7.95. The largest absolute Gasteiger partial charge is 0.385 e. The van der Waals surface area contributed by atoms with Crippen LogP contribution in [0.15, 0.2) is 59.4 Å². The number of nitrogens with one attached hydrogen (secondary N) is 1. The van der Waals surface area contributed by atoms with Crippen LogP contribution in [-0.4, -0.2) is 20.7 Å². The lowest BCUT2D eigenvalue weighted by molar-refractivity contribution is -0.115. The third-order valence-corrected chi connectivity index (χ3v) is 4.01. The molecule has 0 aliphatic rings. The van der Waals surface area contributed by atoms with Crippen LogP contribution in [0.3, 0.4) is 0 Å². The molecule has 1 atom stereocenters. The van der Waals surface area contributed by atoms with Crippen LogP contribution in [-0.2, 0) is 16.8 Å². The summed E-state index contributed by atoms with van der Waals surface area (Å²) in [5.74, 6) is -0.104. The molecular formula is C19H19N3O3. The number of hydrogen-bond acceptors (Lipinski definition) is 4. The maximum atomic E-state index is 12.7. The van der Waals surface area contributed by atoms with Gasteiger partial charge in [0.1, 0.15) is 5.82 Å². The van der Waals surface area contributed by atoms with Crippen molar-refractivity contribution in [1.82, 2.24) is 9.66 Å². The van der Waals surface area contributed by atoms with Gasteiger partial charge in [-0.25, -0.2) is 9.66 Å². The molecule has 2 N–H and O–H groups in total. The van der Waals surface area contributed by atoms with Crippen LogP contribution < -0.4 is 11.0 Å². The van der Waals surface area contributed by atoms with Crippen molar-refractivity contribution in [2.75, 3.05) is 5.43 Å². The van der Waals surface area contributed by atoms with Gasteiger partial charge < -0.3 is 5.11 Å². The Kier molecular flexibility index (Phi) is 4.37. The van der Waals surface area contributed by atoms with Gasteiger partial charge in [0.25, 0.3) is 5.56 Å². The highest BCUT2D eigenvalue weighted by Crippen LogP contribution is 2.24. The predicted octanol–water partition coefficient (Wildman–Crippen LogP) is 1.94. The first-order chi connectivity index (χ1) is 11.9. The standard InChI is InChI=1S/C19H19N3O3/c1-13(23)21-22-17(12-19(2,25)14-8-4-3-5-9-14)20-16-11-7-6-10-15(16)18(22)24/h3-11,25H,12H2,1-2H3,(H,21,23). The number of fused-ring (bicyclic) bond motifs is 1. The number of hydrogen-bond donors (Lipinski definition) is 2. The fourth-order valence-corrected chi connectivity index (χ4v) is 2.78. The van der Waals surface area contributed by atoms with Crippen LogP contribution in [0.1, 0.15) is 25.2 Å². The number of carbonyl (C=O) groups is 1. The van der Waals surface area contributed by atoms with Crippen LogP contribution in [0, 0.1) is 0 Å². The molecular weight excluding hydrogens is 318 g/mol. The van der Waals surface area contributed by atoms with Gasteiger partial charge in [0.2, 0.25) is 5.91 Å². The molecule has 0 spiro atoms. The van der Waals surface area contributed by atoms with E-state index in [-0.39, 0.29) is 23.7 Å². The van der Waals surface area contributed by atoms with Crippen molar-refractivity contribution in [3.63, 3.8) is 0 Å². The van der Waals surface area contributed by atoms with E-state index in [0.717, 1.165) is 4.68 Å². The first-order valence-electron chi connectivity index (χ1n) is 7.95. The summed E-state index contributed by atoms with van der Waals surface area (Å²) in [5.41, 5.74) is 2.10. The molecule has 1 amide bonds. The summed E-state index contributed by atoms with van der Waals surface area (Å²) in [5, 5.41) is 11.3. The molecule has 128 valence electrons. The lowest BCUT2D eigenvalue weighted by Crippen LogP contribution is -2.38. The molecule has 2 aromatic carbocycles. The highest BCUT2D eigenvalue weighted by molar-refractivity contribution is 5.82. The fraction of sp³-hybridized carbons (Fsp3) is 0.211. The molecule has 25 heavy (non-hydrogen) atoms. The average Bonchev–Trinajstić information content (AvgIpc) is 2.59. The second-order valence-electron chi connectivity index (χ2n) is 6.17. The van der Waals surface area contributed by atoms with Gasteiger partial charge in [-0.3, -0.25) is 15.0 Å². The molecule has 0 aliphatic carbocycles. The van der Waals surface area contributed by atoms with E-state index in [2.05, 4.69) is 10.4 Å². The molecule has 0 saturated heterocycles. The summed E-state index contributed by atoms with van der Waals surface area (Å²) in [6.07, 6.45) is 0.0668. The van der Waals surface area contributed by atoms with E-state index in [4.69, 9.17) is 0 Å². The third kappa shape index (κ3) is 3.44. The van der Waals surface area contributed by atoms with E-state index in [1.54, 1.807) is 31.2 Å². The van der Waals surface area contributed by atoms with Gasteiger partial charge in [0.05, 0.1) is 16.5 Å². The number of aliphatic hydroxyl groups is 1. The molecule has 3 rings (SSSR count). The number of aromatic nitrogens is 2. The van der Waals surface area contributed by atoms with Gasteiger partial charge in [-0.05, 0) is 24.6 Å². The van der Waals surface area contributed by atoms with Gasteiger partial charge in [-0.1, -0.05) is 42.5 Å². The van der Waals surface area contributed by atoms with Crippen LogP contribution in [0.2, 0.25) is 0 Å². The minimum absolute atomic E-state index is 0.0668. The number of benzene rings is 2. The predicted molar refractivity (Wildman–Crippen MR) is 95.8 cm³/mol. The van der Waals surface area contributed by atoms with E-state index in [1.807, 2.05) is 30.3 Å². The van der Waals surface area contributed by atoms with Crippen molar-refractivity contribution in [2.45, 2.75) is 25.9 Å². The van der Waals surface area contributed by atoms with Crippen molar-refractivity contribution in [1.29, 1.82) is 0 Å². The van der Waals surface area contributed by atoms with Gasteiger partial charge >= 0.3 is 0 Å². The Bertz CT molecular complexity index is 978. The number of rotatable bonds is 4. The maximum Gasteiger partial charge on any atom is 0.280 e. The SMILES string of the molecule is CC(=O)Nn1c(CC(C)(O)c2ccccc2)nc2ccccc2c1=O. The Balaban J connectivity index is 2.14. The fourth-order valence-electron chi connectivity index (χ4n) is 2.78. The van der Waals surface area contributed by atoms with E-state index < -0.39 is 5.60 Å². The van der Waals surface area contributed by atoms with Crippen molar-refractivity contribution in [3.05, 3.63) is 76.3 Å². The van der Waals surface area contributed by atoms with Crippen LogP contribution in [0.25, 0.3) is 10.9 Å². The number of para-hydroxylation sites is 1.